The van der Waals surface area contributed by atoms with Gasteiger partial charge in [-0.2, -0.15) is 0 Å². The molecule has 2 heteroatoms. The van der Waals surface area contributed by atoms with Crippen LogP contribution in [0.2, 0.25) is 0 Å². The van der Waals surface area contributed by atoms with Gasteiger partial charge in [0, 0.05) is 7.11 Å². The molecule has 0 fully saturated rings. The van der Waals surface area contributed by atoms with Crippen LogP contribution in [-0.2, 0) is 0 Å². The molecule has 0 saturated heterocycles. The van der Waals surface area contributed by atoms with Crippen molar-refractivity contribution in [3.63, 3.8) is 0 Å². The van der Waals surface area contributed by atoms with Crippen LogP contribution >= 0.6 is 12.4 Å². The molecule has 0 aliphatic heterocycles. The van der Waals surface area contributed by atoms with Crippen molar-refractivity contribution < 1.29 is 5.11 Å². The number of aliphatic hydroxyl groups excluding tert-OH is 1. The lowest BCUT2D eigenvalue weighted by atomic mass is 10.2. The molecule has 1 aromatic rings. The van der Waals surface area contributed by atoms with Crippen LogP contribution in [-0.4, -0.2) is 12.2 Å². The Morgan fingerprint density at radius 1 is 1.18 bits per heavy atom. The third kappa shape index (κ3) is 5.64. The zero-order valence-corrected chi connectivity index (χ0v) is 7.34. The zero-order valence-electron chi connectivity index (χ0n) is 6.53. The molecule has 1 rings (SSSR count). The number of rotatable bonds is 1. The van der Waals surface area contributed by atoms with E-state index < -0.39 is 0 Å². The van der Waals surface area contributed by atoms with Crippen LogP contribution in [0.1, 0.15) is 5.56 Å². The molecule has 0 heterocycles. The lowest BCUT2D eigenvalue weighted by molar-refractivity contribution is 0.399. The lowest BCUT2D eigenvalue weighted by Gasteiger charge is -1.85. The van der Waals surface area contributed by atoms with Crippen molar-refractivity contribution in [2.75, 3.05) is 7.11 Å². The van der Waals surface area contributed by atoms with Gasteiger partial charge in [-0.25, -0.2) is 0 Å². The van der Waals surface area contributed by atoms with Gasteiger partial charge in [-0.1, -0.05) is 43.0 Å². The molecule has 11 heavy (non-hydrogen) atoms. The van der Waals surface area contributed by atoms with E-state index in [-0.39, 0.29) is 12.4 Å². The zero-order chi connectivity index (χ0) is 7.82. The smallest absolute Gasteiger partial charge is 0.0319 e. The number of halogens is 1. The van der Waals surface area contributed by atoms with E-state index in [1.165, 1.54) is 5.56 Å². The van der Waals surface area contributed by atoms with Gasteiger partial charge in [0.2, 0.25) is 0 Å². The Morgan fingerprint density at radius 2 is 1.64 bits per heavy atom. The van der Waals surface area contributed by atoms with Crippen LogP contribution in [0.15, 0.2) is 36.9 Å². The predicted molar refractivity (Wildman–Crippen MR) is 51.9 cm³/mol. The molecule has 0 unspecified atom stereocenters. The summed E-state index contributed by atoms with van der Waals surface area (Å²) in [7, 11) is 1.00. The Hall–Kier alpha value is -0.790. The standard InChI is InChI=1S/C8H8.CH4O.ClH/c1-2-8-6-4-3-5-7-8;1-2;/h2-7H,1H2;2H,1H3;1H. The molecule has 1 aromatic carbocycles. The minimum atomic E-state index is 0. The molecule has 0 saturated carbocycles. The maximum Gasteiger partial charge on any atom is 0.0319 e. The SMILES string of the molecule is C=Cc1ccccc1.CO.Cl. The Balaban J connectivity index is 0. The third-order valence-electron chi connectivity index (χ3n) is 1.04. The highest BCUT2D eigenvalue weighted by molar-refractivity contribution is 5.85. The lowest BCUT2D eigenvalue weighted by Crippen LogP contribution is -1.63. The van der Waals surface area contributed by atoms with E-state index in [1.807, 2.05) is 36.4 Å². The summed E-state index contributed by atoms with van der Waals surface area (Å²) in [6.45, 7) is 3.63. The average Bonchev–Trinajstić information content (AvgIpc) is 2.10. The topological polar surface area (TPSA) is 20.2 Å². The maximum absolute atomic E-state index is 7.00. The van der Waals surface area contributed by atoms with Crippen molar-refractivity contribution in [3.8, 4) is 0 Å². The summed E-state index contributed by atoms with van der Waals surface area (Å²) in [5, 5.41) is 7.00. The molecule has 1 N–H and O–H groups in total. The van der Waals surface area contributed by atoms with Gasteiger partial charge >= 0.3 is 0 Å². The Morgan fingerprint density at radius 3 is 1.91 bits per heavy atom. The van der Waals surface area contributed by atoms with Crippen molar-refractivity contribution in [2.24, 2.45) is 0 Å². The summed E-state index contributed by atoms with van der Waals surface area (Å²) in [5.74, 6) is 0. The molecule has 0 atom stereocenters. The Bertz CT molecular complexity index is 172. The van der Waals surface area contributed by atoms with Gasteiger partial charge in [0.1, 0.15) is 0 Å². The first-order valence-corrected chi connectivity index (χ1v) is 3.05. The van der Waals surface area contributed by atoms with E-state index in [1.54, 1.807) is 0 Å². The molecule has 0 amide bonds. The van der Waals surface area contributed by atoms with Crippen LogP contribution in [0, 0.1) is 0 Å². The van der Waals surface area contributed by atoms with Gasteiger partial charge in [-0.05, 0) is 5.56 Å². The van der Waals surface area contributed by atoms with E-state index in [0.717, 1.165) is 7.11 Å². The number of aliphatic hydroxyl groups is 1. The highest BCUT2D eigenvalue weighted by atomic mass is 35.5. The van der Waals surface area contributed by atoms with Crippen LogP contribution in [0.4, 0.5) is 0 Å². The van der Waals surface area contributed by atoms with Crippen LogP contribution in [0.3, 0.4) is 0 Å². The molecule has 0 aromatic heterocycles. The van der Waals surface area contributed by atoms with Gasteiger partial charge in [-0.15, -0.1) is 12.4 Å². The van der Waals surface area contributed by atoms with E-state index in [4.69, 9.17) is 5.11 Å². The number of hydrogen-bond donors (Lipinski definition) is 1. The fourth-order valence-corrected chi connectivity index (χ4v) is 0.589. The number of hydrogen-bond acceptors (Lipinski definition) is 1. The van der Waals surface area contributed by atoms with Gasteiger partial charge < -0.3 is 5.11 Å². The van der Waals surface area contributed by atoms with Crippen LogP contribution in [0.5, 0.6) is 0 Å². The first-order valence-electron chi connectivity index (χ1n) is 3.05. The summed E-state index contributed by atoms with van der Waals surface area (Å²) in [6.07, 6.45) is 1.83. The molecular formula is C9H13ClO. The number of benzene rings is 1. The summed E-state index contributed by atoms with van der Waals surface area (Å²) in [6, 6.07) is 10.0. The van der Waals surface area contributed by atoms with Crippen molar-refractivity contribution in [3.05, 3.63) is 42.5 Å². The quantitative estimate of drug-likeness (QED) is 0.690. The predicted octanol–water partition coefficient (Wildman–Crippen LogP) is 2.36. The van der Waals surface area contributed by atoms with E-state index in [2.05, 4.69) is 6.58 Å². The largest absolute Gasteiger partial charge is 0.400 e. The molecule has 1 nitrogen and oxygen atoms in total. The van der Waals surface area contributed by atoms with Gasteiger partial charge in [0.05, 0.1) is 0 Å². The molecule has 0 spiro atoms. The minimum Gasteiger partial charge on any atom is -0.400 e. The van der Waals surface area contributed by atoms with Gasteiger partial charge in [0.15, 0.2) is 0 Å². The molecule has 0 aliphatic carbocycles. The fourth-order valence-electron chi connectivity index (χ4n) is 0.589. The van der Waals surface area contributed by atoms with E-state index in [9.17, 15) is 0 Å². The third-order valence-corrected chi connectivity index (χ3v) is 1.04. The fraction of sp³-hybridized carbons (Fsp3) is 0.111. The summed E-state index contributed by atoms with van der Waals surface area (Å²) >= 11 is 0. The summed E-state index contributed by atoms with van der Waals surface area (Å²) in [5.41, 5.74) is 1.17. The second-order valence-corrected chi connectivity index (χ2v) is 1.61. The molecule has 0 aliphatic rings. The monoisotopic (exact) mass is 172 g/mol. The molecule has 62 valence electrons. The second-order valence-electron chi connectivity index (χ2n) is 1.61. The van der Waals surface area contributed by atoms with Crippen molar-refractivity contribution in [1.29, 1.82) is 0 Å². The Labute approximate surface area is 73.8 Å². The summed E-state index contributed by atoms with van der Waals surface area (Å²) in [4.78, 5) is 0. The van der Waals surface area contributed by atoms with Crippen molar-refractivity contribution >= 4 is 18.5 Å². The van der Waals surface area contributed by atoms with Gasteiger partial charge in [0.25, 0.3) is 0 Å². The first kappa shape index (κ1) is 12.8. The second kappa shape index (κ2) is 9.21. The first-order chi connectivity index (χ1) is 4.93. The van der Waals surface area contributed by atoms with E-state index >= 15 is 0 Å². The van der Waals surface area contributed by atoms with Gasteiger partial charge in [-0.3, -0.25) is 0 Å². The molecular weight excluding hydrogens is 160 g/mol. The summed E-state index contributed by atoms with van der Waals surface area (Å²) < 4.78 is 0. The van der Waals surface area contributed by atoms with Crippen molar-refractivity contribution in [1.82, 2.24) is 0 Å². The maximum atomic E-state index is 7.00. The van der Waals surface area contributed by atoms with Crippen LogP contribution < -0.4 is 0 Å². The van der Waals surface area contributed by atoms with Crippen molar-refractivity contribution in [2.45, 2.75) is 0 Å². The normalized spacial score (nSPS) is 6.73. The molecule has 0 bridgehead atoms. The highest BCUT2D eigenvalue weighted by Gasteiger charge is 1.75. The average molecular weight is 173 g/mol. The molecule has 0 radical (unpaired) electrons. The minimum absolute atomic E-state index is 0. The highest BCUT2D eigenvalue weighted by Crippen LogP contribution is 1.97. The van der Waals surface area contributed by atoms with Crippen LogP contribution in [0.25, 0.3) is 6.08 Å². The van der Waals surface area contributed by atoms with E-state index in [0.29, 0.717) is 0 Å². The Kier molecular flexibility index (Phi) is 10.8.